The number of Topliss-reactive ketones (excluding diaryl/α,β-unsaturated/α-hetero) is 1. The first-order valence-corrected chi connectivity index (χ1v) is 13.2. The Morgan fingerprint density at radius 3 is 2.42 bits per heavy atom. The predicted molar refractivity (Wildman–Crippen MR) is 142 cm³/mol. The number of methoxy groups -OCH3 is 1. The Morgan fingerprint density at radius 2 is 1.79 bits per heavy atom. The van der Waals surface area contributed by atoms with Crippen LogP contribution in [-0.2, 0) is 19.1 Å². The third-order valence-electron chi connectivity index (χ3n) is 7.21. The van der Waals surface area contributed by atoms with E-state index in [1.54, 1.807) is 6.92 Å². The van der Waals surface area contributed by atoms with Gasteiger partial charge in [-0.2, -0.15) is 0 Å². The standard InChI is InChI=1S/C30H39NO7/c1-18-11-12-24(19(2)15-18)27(23-9-7-8-10-23)21(4)38-30(34)20(3)16-25(33)28-29(37-17-36-22(5)32)26(35-6)13-14-31-28/h11-15,20-21,23,27H,7-10,16-17H2,1-6H3/t20-,21+,27-/m1/s1. The molecule has 0 N–H and O–H groups in total. The molecule has 0 saturated heterocycles. The molecule has 0 radical (unpaired) electrons. The number of rotatable bonds is 12. The molecule has 1 saturated carbocycles. The normalized spacial score (nSPS) is 15.8. The Kier molecular flexibility index (Phi) is 10.3. The quantitative estimate of drug-likeness (QED) is 0.197. The summed E-state index contributed by atoms with van der Waals surface area (Å²) in [6.07, 6.45) is 5.58. The Labute approximate surface area is 225 Å². The summed E-state index contributed by atoms with van der Waals surface area (Å²) in [6.45, 7) is 8.68. The zero-order valence-electron chi connectivity index (χ0n) is 23.2. The van der Waals surface area contributed by atoms with Gasteiger partial charge in [-0.1, -0.05) is 43.5 Å². The number of esters is 2. The summed E-state index contributed by atoms with van der Waals surface area (Å²) >= 11 is 0. The minimum atomic E-state index is -0.692. The monoisotopic (exact) mass is 525 g/mol. The number of ether oxygens (including phenoxy) is 4. The van der Waals surface area contributed by atoms with Crippen LogP contribution in [0.1, 0.15) is 86.0 Å². The molecule has 8 nitrogen and oxygen atoms in total. The van der Waals surface area contributed by atoms with Crippen LogP contribution in [0.5, 0.6) is 11.5 Å². The number of hydrogen-bond acceptors (Lipinski definition) is 8. The molecule has 1 fully saturated rings. The Balaban J connectivity index is 1.72. The molecule has 8 heteroatoms. The lowest BCUT2D eigenvalue weighted by Crippen LogP contribution is -2.30. The second-order valence-electron chi connectivity index (χ2n) is 10.2. The van der Waals surface area contributed by atoms with Gasteiger partial charge in [0.15, 0.2) is 23.0 Å². The van der Waals surface area contributed by atoms with Gasteiger partial charge in [-0.3, -0.25) is 14.4 Å². The molecule has 2 aromatic rings. The minimum Gasteiger partial charge on any atom is -0.493 e. The molecule has 0 aliphatic heterocycles. The molecule has 1 aliphatic carbocycles. The zero-order chi connectivity index (χ0) is 27.8. The zero-order valence-corrected chi connectivity index (χ0v) is 23.2. The van der Waals surface area contributed by atoms with Crippen LogP contribution in [0.3, 0.4) is 0 Å². The van der Waals surface area contributed by atoms with Gasteiger partial charge in [0, 0.05) is 31.5 Å². The highest BCUT2D eigenvalue weighted by atomic mass is 16.7. The first kappa shape index (κ1) is 29.1. The lowest BCUT2D eigenvalue weighted by Gasteiger charge is -2.31. The number of aryl methyl sites for hydroxylation is 2. The summed E-state index contributed by atoms with van der Waals surface area (Å²) < 4.78 is 21.6. The lowest BCUT2D eigenvalue weighted by atomic mass is 9.79. The van der Waals surface area contributed by atoms with Crippen molar-refractivity contribution < 1.29 is 33.3 Å². The van der Waals surface area contributed by atoms with Crippen LogP contribution in [0.4, 0.5) is 0 Å². The summed E-state index contributed by atoms with van der Waals surface area (Å²) in [6, 6.07) is 7.99. The molecule has 0 unspecified atom stereocenters. The molecular weight excluding hydrogens is 486 g/mol. The highest BCUT2D eigenvalue weighted by Gasteiger charge is 2.35. The highest BCUT2D eigenvalue weighted by molar-refractivity contribution is 5.99. The summed E-state index contributed by atoms with van der Waals surface area (Å²) in [5, 5.41) is 0. The van der Waals surface area contributed by atoms with E-state index in [2.05, 4.69) is 37.0 Å². The van der Waals surface area contributed by atoms with E-state index in [-0.39, 0.29) is 35.6 Å². The largest absolute Gasteiger partial charge is 0.493 e. The van der Waals surface area contributed by atoms with Crippen molar-refractivity contribution in [3.05, 3.63) is 52.8 Å². The molecule has 1 aliphatic rings. The topological polar surface area (TPSA) is 101 Å². The third-order valence-corrected chi connectivity index (χ3v) is 7.21. The maximum absolute atomic E-state index is 13.2. The number of aromatic nitrogens is 1. The second kappa shape index (κ2) is 13.4. The van der Waals surface area contributed by atoms with Crippen LogP contribution in [0.2, 0.25) is 0 Å². The Hall–Kier alpha value is -3.42. The van der Waals surface area contributed by atoms with Crippen LogP contribution < -0.4 is 9.47 Å². The van der Waals surface area contributed by atoms with E-state index >= 15 is 0 Å². The summed E-state index contributed by atoms with van der Waals surface area (Å²) in [7, 11) is 1.43. The van der Waals surface area contributed by atoms with Crippen molar-refractivity contribution in [2.75, 3.05) is 13.9 Å². The average molecular weight is 526 g/mol. The van der Waals surface area contributed by atoms with Crippen LogP contribution in [0.15, 0.2) is 30.5 Å². The second-order valence-corrected chi connectivity index (χ2v) is 10.2. The molecule has 3 atom stereocenters. The number of pyridine rings is 1. The fraction of sp³-hybridized carbons (Fsp3) is 0.533. The third kappa shape index (κ3) is 7.33. The fourth-order valence-electron chi connectivity index (χ4n) is 5.34. The lowest BCUT2D eigenvalue weighted by molar-refractivity contribution is -0.154. The van der Waals surface area contributed by atoms with E-state index in [0.29, 0.717) is 5.92 Å². The van der Waals surface area contributed by atoms with E-state index in [1.807, 2.05) is 6.92 Å². The first-order chi connectivity index (χ1) is 18.1. The van der Waals surface area contributed by atoms with E-state index in [1.165, 1.54) is 55.8 Å². The van der Waals surface area contributed by atoms with Crippen molar-refractivity contribution in [1.82, 2.24) is 4.98 Å². The number of hydrogen-bond donors (Lipinski definition) is 0. The molecule has 206 valence electrons. The summed E-state index contributed by atoms with van der Waals surface area (Å²) in [5.41, 5.74) is 3.64. The molecular formula is C30H39NO7. The van der Waals surface area contributed by atoms with E-state index in [0.717, 1.165) is 12.8 Å². The van der Waals surface area contributed by atoms with Crippen LogP contribution in [-0.4, -0.2) is 42.7 Å². The highest BCUT2D eigenvalue weighted by Crippen LogP contribution is 2.42. The van der Waals surface area contributed by atoms with Gasteiger partial charge in [0.25, 0.3) is 0 Å². The van der Waals surface area contributed by atoms with Crippen molar-refractivity contribution in [2.45, 2.75) is 78.7 Å². The van der Waals surface area contributed by atoms with Gasteiger partial charge in [-0.15, -0.1) is 0 Å². The van der Waals surface area contributed by atoms with Gasteiger partial charge in [-0.25, -0.2) is 4.98 Å². The van der Waals surface area contributed by atoms with Gasteiger partial charge < -0.3 is 18.9 Å². The van der Waals surface area contributed by atoms with Crippen molar-refractivity contribution in [3.63, 3.8) is 0 Å². The van der Waals surface area contributed by atoms with Crippen LogP contribution in [0.25, 0.3) is 0 Å². The Morgan fingerprint density at radius 1 is 1.08 bits per heavy atom. The smallest absolute Gasteiger partial charge is 0.309 e. The first-order valence-electron chi connectivity index (χ1n) is 13.2. The van der Waals surface area contributed by atoms with Gasteiger partial charge in [0.05, 0.1) is 13.0 Å². The molecule has 38 heavy (non-hydrogen) atoms. The molecule has 1 heterocycles. The van der Waals surface area contributed by atoms with Gasteiger partial charge in [0.2, 0.25) is 6.79 Å². The van der Waals surface area contributed by atoms with Crippen LogP contribution in [0, 0.1) is 25.7 Å². The number of carbonyl (C=O) groups is 3. The van der Waals surface area contributed by atoms with Gasteiger partial charge >= 0.3 is 11.9 Å². The van der Waals surface area contributed by atoms with Gasteiger partial charge in [0.1, 0.15) is 6.10 Å². The predicted octanol–water partition coefficient (Wildman–Crippen LogP) is 5.72. The van der Waals surface area contributed by atoms with Crippen LogP contribution >= 0.6 is 0 Å². The molecule has 0 bridgehead atoms. The number of ketones is 1. The number of nitrogens with zero attached hydrogens (tertiary/aromatic N) is 1. The van der Waals surface area contributed by atoms with E-state index in [4.69, 9.17) is 18.9 Å². The molecule has 1 aromatic carbocycles. The number of carbonyl (C=O) groups excluding carboxylic acids is 3. The van der Waals surface area contributed by atoms with Crippen molar-refractivity contribution in [2.24, 2.45) is 11.8 Å². The SMILES string of the molecule is COc1ccnc(C(=O)C[C@@H](C)C(=O)O[C@@H](C)[C@@H](c2ccc(C)cc2C)C2CCCC2)c1OCOC(C)=O. The fourth-order valence-corrected chi connectivity index (χ4v) is 5.34. The van der Waals surface area contributed by atoms with Crippen molar-refractivity contribution >= 4 is 17.7 Å². The molecule has 1 aromatic heterocycles. The summed E-state index contributed by atoms with van der Waals surface area (Å²) in [5.74, 6) is -1.16. The maximum atomic E-state index is 13.2. The maximum Gasteiger partial charge on any atom is 0.309 e. The molecule has 0 amide bonds. The van der Waals surface area contributed by atoms with E-state index in [9.17, 15) is 14.4 Å². The average Bonchev–Trinajstić information content (AvgIpc) is 3.39. The van der Waals surface area contributed by atoms with Gasteiger partial charge in [-0.05, 0) is 50.7 Å². The summed E-state index contributed by atoms with van der Waals surface area (Å²) in [4.78, 5) is 41.6. The Bertz CT molecular complexity index is 1140. The van der Waals surface area contributed by atoms with E-state index < -0.39 is 30.4 Å². The van der Waals surface area contributed by atoms with Crippen molar-refractivity contribution in [3.8, 4) is 11.5 Å². The molecule has 3 rings (SSSR count). The minimum absolute atomic E-state index is 0.00307. The molecule has 0 spiro atoms. The van der Waals surface area contributed by atoms with Crippen molar-refractivity contribution in [1.29, 1.82) is 0 Å². The number of benzene rings is 1.